The molecule has 0 atom stereocenters. The predicted molar refractivity (Wildman–Crippen MR) is 81.1 cm³/mol. The molecule has 0 aliphatic rings. The zero-order valence-corrected chi connectivity index (χ0v) is 12.3. The van der Waals surface area contributed by atoms with Crippen LogP contribution in [0.4, 0.5) is 0 Å². The quantitative estimate of drug-likeness (QED) is 0.672. The molecule has 0 unspecified atom stereocenters. The third kappa shape index (κ3) is 3.32. The summed E-state index contributed by atoms with van der Waals surface area (Å²) in [5, 5.41) is 1.77. The van der Waals surface area contributed by atoms with Gasteiger partial charge in [-0.25, -0.2) is 9.78 Å². The Morgan fingerprint density at radius 3 is 2.91 bits per heavy atom. The summed E-state index contributed by atoms with van der Waals surface area (Å²) in [6, 6.07) is 10.3. The van der Waals surface area contributed by atoms with Crippen LogP contribution in [0, 0.1) is 0 Å². The van der Waals surface area contributed by atoms with E-state index < -0.39 is 5.97 Å². The second kappa shape index (κ2) is 6.40. The first-order valence-electron chi connectivity index (χ1n) is 6.51. The summed E-state index contributed by atoms with van der Waals surface area (Å²) in [6.07, 6.45) is 1.65. The van der Waals surface area contributed by atoms with E-state index in [-0.39, 0.29) is 18.8 Å². The van der Waals surface area contributed by atoms with E-state index in [1.807, 2.05) is 18.2 Å². The van der Waals surface area contributed by atoms with E-state index in [9.17, 15) is 9.59 Å². The van der Waals surface area contributed by atoms with Crippen molar-refractivity contribution in [2.75, 3.05) is 6.61 Å². The molecule has 0 radical (unpaired) electrons. The monoisotopic (exact) mass is 316 g/mol. The lowest BCUT2D eigenvalue weighted by Gasteiger charge is -2.06. The van der Waals surface area contributed by atoms with Gasteiger partial charge >= 0.3 is 5.97 Å². The highest BCUT2D eigenvalue weighted by molar-refractivity contribution is 7.15. The maximum atomic E-state index is 11.8. The number of hydrogen-bond donors (Lipinski definition) is 0. The summed E-state index contributed by atoms with van der Waals surface area (Å²) in [5.41, 5.74) is 0.221. The minimum absolute atomic E-state index is 0.0549. The number of aromatic nitrogens is 2. The molecule has 2 heterocycles. The van der Waals surface area contributed by atoms with Gasteiger partial charge in [-0.05, 0) is 12.1 Å². The summed E-state index contributed by atoms with van der Waals surface area (Å²) in [5.74, 6) is 0.0767. The van der Waals surface area contributed by atoms with E-state index in [0.29, 0.717) is 16.4 Å². The van der Waals surface area contributed by atoms with Crippen LogP contribution in [0.15, 0.2) is 52.8 Å². The van der Waals surface area contributed by atoms with E-state index in [0.717, 1.165) is 0 Å². The lowest BCUT2D eigenvalue weighted by atomic mass is 10.3. The Kier molecular flexibility index (Phi) is 4.15. The summed E-state index contributed by atoms with van der Waals surface area (Å²) < 4.78 is 11.8. The zero-order chi connectivity index (χ0) is 15.4. The molecule has 7 heteroatoms. The Bertz CT molecular complexity index is 841. The number of para-hydroxylation sites is 1. The van der Waals surface area contributed by atoms with Gasteiger partial charge in [-0.2, -0.15) is 0 Å². The topological polar surface area (TPSA) is 69.9 Å². The number of esters is 1. The number of benzene rings is 1. The van der Waals surface area contributed by atoms with Crippen LogP contribution >= 0.6 is 11.3 Å². The second-order valence-corrected chi connectivity index (χ2v) is 5.28. The highest BCUT2D eigenvalue weighted by Crippen LogP contribution is 2.09. The van der Waals surface area contributed by atoms with Gasteiger partial charge < -0.3 is 9.47 Å². The molecule has 0 bridgehead atoms. The molecule has 1 aromatic carbocycles. The molecule has 22 heavy (non-hydrogen) atoms. The molecule has 2 aromatic heterocycles. The SMILES string of the molecule is O=C(COc1ccccc1)OCc1cc(=O)n2ccsc2n1. The van der Waals surface area contributed by atoms with Crippen LogP contribution in [-0.4, -0.2) is 22.0 Å². The van der Waals surface area contributed by atoms with Crippen LogP contribution < -0.4 is 10.3 Å². The van der Waals surface area contributed by atoms with Gasteiger partial charge in [-0.3, -0.25) is 9.20 Å². The normalized spacial score (nSPS) is 10.5. The molecular weight excluding hydrogens is 304 g/mol. The van der Waals surface area contributed by atoms with Crippen LogP contribution in [-0.2, 0) is 16.1 Å². The summed E-state index contributed by atoms with van der Waals surface area (Å²) >= 11 is 1.34. The molecule has 0 saturated carbocycles. The maximum absolute atomic E-state index is 11.8. The average Bonchev–Trinajstić information content (AvgIpc) is 3.01. The lowest BCUT2D eigenvalue weighted by molar-refractivity contribution is -0.147. The first-order chi connectivity index (χ1) is 10.7. The highest BCUT2D eigenvalue weighted by Gasteiger charge is 2.08. The average molecular weight is 316 g/mol. The van der Waals surface area contributed by atoms with Crippen molar-refractivity contribution in [1.82, 2.24) is 9.38 Å². The van der Waals surface area contributed by atoms with Crippen LogP contribution in [0.3, 0.4) is 0 Å². The van der Waals surface area contributed by atoms with Crippen molar-refractivity contribution in [3.63, 3.8) is 0 Å². The summed E-state index contributed by atoms with van der Waals surface area (Å²) in [7, 11) is 0. The van der Waals surface area contributed by atoms with E-state index in [1.54, 1.807) is 23.7 Å². The fourth-order valence-electron chi connectivity index (χ4n) is 1.82. The van der Waals surface area contributed by atoms with Crippen molar-refractivity contribution in [2.45, 2.75) is 6.61 Å². The van der Waals surface area contributed by atoms with Gasteiger partial charge in [-0.15, -0.1) is 11.3 Å². The van der Waals surface area contributed by atoms with Crippen molar-refractivity contribution < 1.29 is 14.3 Å². The first kappa shape index (κ1) is 14.3. The molecule has 6 nitrogen and oxygen atoms in total. The minimum Gasteiger partial charge on any atom is -0.482 e. The smallest absolute Gasteiger partial charge is 0.344 e. The molecule has 3 aromatic rings. The number of hydrogen-bond acceptors (Lipinski definition) is 6. The van der Waals surface area contributed by atoms with Gasteiger partial charge in [-0.1, -0.05) is 18.2 Å². The Labute approximate surface area is 129 Å². The van der Waals surface area contributed by atoms with Gasteiger partial charge in [0.2, 0.25) is 0 Å². The molecule has 0 aliphatic carbocycles. The number of carbonyl (C=O) groups excluding carboxylic acids is 1. The standard InChI is InChI=1S/C15H12N2O4S/c18-13-8-11(16-15-17(13)6-7-22-15)9-21-14(19)10-20-12-4-2-1-3-5-12/h1-8H,9-10H2. The molecule has 0 N–H and O–H groups in total. The van der Waals surface area contributed by atoms with E-state index in [2.05, 4.69) is 4.98 Å². The molecule has 0 amide bonds. The van der Waals surface area contributed by atoms with Crippen LogP contribution in [0.5, 0.6) is 5.75 Å². The Morgan fingerprint density at radius 2 is 2.09 bits per heavy atom. The fraction of sp³-hybridized carbons (Fsp3) is 0.133. The summed E-state index contributed by atoms with van der Waals surface area (Å²) in [4.78, 5) is 28.2. The van der Waals surface area contributed by atoms with Crippen molar-refractivity contribution in [1.29, 1.82) is 0 Å². The second-order valence-electron chi connectivity index (χ2n) is 4.40. The zero-order valence-electron chi connectivity index (χ0n) is 11.5. The van der Waals surface area contributed by atoms with Crippen molar-refractivity contribution in [3.05, 3.63) is 64.0 Å². The van der Waals surface area contributed by atoms with Crippen molar-refractivity contribution in [2.24, 2.45) is 0 Å². The summed E-state index contributed by atoms with van der Waals surface area (Å²) in [6.45, 7) is -0.245. The van der Waals surface area contributed by atoms with Gasteiger partial charge in [0.25, 0.3) is 5.56 Å². The number of thiazole rings is 1. The third-order valence-electron chi connectivity index (χ3n) is 2.84. The van der Waals surface area contributed by atoms with Crippen LogP contribution in [0.25, 0.3) is 4.96 Å². The number of nitrogens with zero attached hydrogens (tertiary/aromatic N) is 2. The van der Waals surface area contributed by atoms with Crippen molar-refractivity contribution in [3.8, 4) is 5.75 Å². The number of rotatable bonds is 5. The number of fused-ring (bicyclic) bond motifs is 1. The predicted octanol–water partition coefficient (Wildman–Crippen LogP) is 1.88. The fourth-order valence-corrected chi connectivity index (χ4v) is 2.56. The van der Waals surface area contributed by atoms with Gasteiger partial charge in [0.05, 0.1) is 5.69 Å². The third-order valence-corrected chi connectivity index (χ3v) is 3.59. The maximum Gasteiger partial charge on any atom is 0.344 e. The molecule has 3 rings (SSSR count). The molecule has 0 aliphatic heterocycles. The minimum atomic E-state index is -0.517. The molecular formula is C15H12N2O4S. The van der Waals surface area contributed by atoms with E-state index in [1.165, 1.54) is 21.8 Å². The lowest BCUT2D eigenvalue weighted by Crippen LogP contribution is -2.17. The van der Waals surface area contributed by atoms with Gasteiger partial charge in [0.15, 0.2) is 11.6 Å². The van der Waals surface area contributed by atoms with Gasteiger partial charge in [0.1, 0.15) is 12.4 Å². The highest BCUT2D eigenvalue weighted by atomic mass is 32.1. The Balaban J connectivity index is 1.57. The van der Waals surface area contributed by atoms with Crippen LogP contribution in [0.1, 0.15) is 5.69 Å². The number of ether oxygens (including phenoxy) is 2. The Morgan fingerprint density at radius 1 is 1.27 bits per heavy atom. The molecule has 0 fully saturated rings. The Hall–Kier alpha value is -2.67. The van der Waals surface area contributed by atoms with Crippen molar-refractivity contribution >= 4 is 22.3 Å². The van der Waals surface area contributed by atoms with Gasteiger partial charge in [0, 0.05) is 17.6 Å². The van der Waals surface area contributed by atoms with E-state index in [4.69, 9.17) is 9.47 Å². The largest absolute Gasteiger partial charge is 0.482 e. The molecule has 112 valence electrons. The molecule has 0 saturated heterocycles. The number of carbonyl (C=O) groups is 1. The first-order valence-corrected chi connectivity index (χ1v) is 7.39. The molecule has 0 spiro atoms. The van der Waals surface area contributed by atoms with E-state index >= 15 is 0 Å². The van der Waals surface area contributed by atoms with Crippen LogP contribution in [0.2, 0.25) is 0 Å².